The van der Waals surface area contributed by atoms with Crippen LogP contribution >= 0.6 is 11.6 Å². The molecule has 1 N–H and O–H groups in total. The van der Waals surface area contributed by atoms with E-state index in [0.29, 0.717) is 16.4 Å². The van der Waals surface area contributed by atoms with Crippen molar-refractivity contribution < 1.29 is 4.79 Å². The number of halogens is 1. The number of nitrogens with one attached hydrogen (secondary N) is 1. The van der Waals surface area contributed by atoms with E-state index in [4.69, 9.17) is 11.6 Å². The number of nitrogens with zero attached hydrogens (tertiary/aromatic N) is 4. The first-order valence-corrected chi connectivity index (χ1v) is 6.49. The van der Waals surface area contributed by atoms with Crippen LogP contribution in [0.25, 0.3) is 5.69 Å². The summed E-state index contributed by atoms with van der Waals surface area (Å²) in [5.41, 5.74) is 1.78. The lowest BCUT2D eigenvalue weighted by molar-refractivity contribution is 0.102. The van der Waals surface area contributed by atoms with Crippen molar-refractivity contribution in [2.45, 2.75) is 0 Å². The Labute approximate surface area is 125 Å². The highest BCUT2D eigenvalue weighted by Gasteiger charge is 2.10. The minimum absolute atomic E-state index is 0.272. The van der Waals surface area contributed by atoms with Crippen molar-refractivity contribution in [1.82, 2.24) is 19.7 Å². The molecule has 0 bridgehead atoms. The van der Waals surface area contributed by atoms with Gasteiger partial charge in [-0.1, -0.05) is 23.7 Å². The van der Waals surface area contributed by atoms with Crippen molar-refractivity contribution in [3.05, 3.63) is 66.0 Å². The molecule has 0 aliphatic carbocycles. The molecule has 1 aromatic carbocycles. The number of pyridine rings is 1. The van der Waals surface area contributed by atoms with Gasteiger partial charge in [-0.25, -0.2) is 14.6 Å². The van der Waals surface area contributed by atoms with Gasteiger partial charge in [0.1, 0.15) is 17.8 Å². The lowest BCUT2D eigenvalue weighted by Gasteiger charge is -2.10. The maximum atomic E-state index is 12.2. The molecule has 21 heavy (non-hydrogen) atoms. The Morgan fingerprint density at radius 2 is 2.05 bits per heavy atom. The normalized spacial score (nSPS) is 10.3. The standard InChI is InChI=1S/C14H10ClN5O/c15-13-6-5-10(7-17-13)14(21)19-11-3-1-2-4-12(11)20-9-16-8-18-20/h1-9H,(H,19,21). The Kier molecular flexibility index (Phi) is 3.61. The van der Waals surface area contributed by atoms with E-state index in [2.05, 4.69) is 20.4 Å². The molecule has 7 heteroatoms. The predicted molar refractivity (Wildman–Crippen MR) is 78.6 cm³/mol. The van der Waals surface area contributed by atoms with Gasteiger partial charge in [-0.3, -0.25) is 4.79 Å². The van der Waals surface area contributed by atoms with E-state index in [0.717, 1.165) is 5.69 Å². The molecular formula is C14H10ClN5O. The number of amides is 1. The highest BCUT2D eigenvalue weighted by atomic mass is 35.5. The third kappa shape index (κ3) is 2.90. The number of hydrogen-bond acceptors (Lipinski definition) is 4. The Morgan fingerprint density at radius 1 is 1.19 bits per heavy atom. The van der Waals surface area contributed by atoms with E-state index >= 15 is 0 Å². The SMILES string of the molecule is O=C(Nc1ccccc1-n1cncn1)c1ccc(Cl)nc1. The molecule has 2 aromatic heterocycles. The van der Waals surface area contributed by atoms with Crippen LogP contribution < -0.4 is 5.32 Å². The summed E-state index contributed by atoms with van der Waals surface area (Å²) >= 11 is 5.71. The summed E-state index contributed by atoms with van der Waals surface area (Å²) in [5, 5.41) is 7.23. The van der Waals surface area contributed by atoms with Gasteiger partial charge in [0.2, 0.25) is 0 Å². The predicted octanol–water partition coefficient (Wildman–Crippen LogP) is 2.57. The van der Waals surface area contributed by atoms with E-state index in [-0.39, 0.29) is 5.91 Å². The molecule has 104 valence electrons. The number of benzene rings is 1. The highest BCUT2D eigenvalue weighted by Crippen LogP contribution is 2.19. The summed E-state index contributed by atoms with van der Waals surface area (Å²) in [6.07, 6.45) is 4.42. The van der Waals surface area contributed by atoms with Gasteiger partial charge in [0, 0.05) is 6.20 Å². The first kappa shape index (κ1) is 13.3. The number of rotatable bonds is 3. The van der Waals surface area contributed by atoms with Crippen LogP contribution in [0.3, 0.4) is 0 Å². The molecule has 0 saturated carbocycles. The molecule has 3 rings (SSSR count). The molecule has 0 radical (unpaired) electrons. The first-order chi connectivity index (χ1) is 10.2. The third-order valence-corrected chi connectivity index (χ3v) is 3.03. The van der Waals surface area contributed by atoms with Crippen molar-refractivity contribution in [2.75, 3.05) is 5.32 Å². The maximum Gasteiger partial charge on any atom is 0.257 e. The Morgan fingerprint density at radius 3 is 2.76 bits per heavy atom. The average Bonchev–Trinajstić information content (AvgIpc) is 3.02. The Bertz CT molecular complexity index is 755. The van der Waals surface area contributed by atoms with E-state index in [9.17, 15) is 4.79 Å². The highest BCUT2D eigenvalue weighted by molar-refractivity contribution is 6.29. The van der Waals surface area contributed by atoms with Crippen molar-refractivity contribution >= 4 is 23.2 Å². The van der Waals surface area contributed by atoms with Crippen LogP contribution in [0.2, 0.25) is 5.15 Å². The molecule has 0 saturated heterocycles. The second kappa shape index (κ2) is 5.72. The summed E-state index contributed by atoms with van der Waals surface area (Å²) in [7, 11) is 0. The third-order valence-electron chi connectivity index (χ3n) is 2.81. The molecule has 0 aliphatic rings. The molecular weight excluding hydrogens is 290 g/mol. The average molecular weight is 300 g/mol. The zero-order chi connectivity index (χ0) is 14.7. The number of para-hydroxylation sites is 2. The smallest absolute Gasteiger partial charge is 0.257 e. The van der Waals surface area contributed by atoms with Crippen molar-refractivity contribution in [1.29, 1.82) is 0 Å². The van der Waals surface area contributed by atoms with Crippen LogP contribution in [0, 0.1) is 0 Å². The maximum absolute atomic E-state index is 12.2. The zero-order valence-corrected chi connectivity index (χ0v) is 11.5. The molecule has 0 spiro atoms. The second-order valence-electron chi connectivity index (χ2n) is 4.18. The zero-order valence-electron chi connectivity index (χ0n) is 10.8. The molecule has 0 aliphatic heterocycles. The summed E-state index contributed by atoms with van der Waals surface area (Å²) in [4.78, 5) is 20.0. The van der Waals surface area contributed by atoms with Gasteiger partial charge in [0.05, 0.1) is 16.9 Å². The number of carbonyl (C=O) groups is 1. The van der Waals surface area contributed by atoms with Gasteiger partial charge in [0.15, 0.2) is 0 Å². The quantitative estimate of drug-likeness (QED) is 0.754. The van der Waals surface area contributed by atoms with Crippen LogP contribution in [-0.4, -0.2) is 25.7 Å². The van der Waals surface area contributed by atoms with Crippen molar-refractivity contribution in [3.8, 4) is 5.69 Å². The fraction of sp³-hybridized carbons (Fsp3) is 0. The number of carbonyl (C=O) groups excluding carboxylic acids is 1. The van der Waals surface area contributed by atoms with Crippen LogP contribution in [0.15, 0.2) is 55.2 Å². The number of aromatic nitrogens is 4. The van der Waals surface area contributed by atoms with Gasteiger partial charge in [-0.05, 0) is 24.3 Å². The molecule has 0 fully saturated rings. The Hall–Kier alpha value is -2.73. The van der Waals surface area contributed by atoms with Crippen LogP contribution in [-0.2, 0) is 0 Å². The van der Waals surface area contributed by atoms with Crippen LogP contribution in [0.5, 0.6) is 0 Å². The van der Waals surface area contributed by atoms with Crippen LogP contribution in [0.1, 0.15) is 10.4 Å². The number of anilines is 1. The topological polar surface area (TPSA) is 72.7 Å². The summed E-state index contributed by atoms with van der Waals surface area (Å²) in [5.74, 6) is -0.272. The van der Waals surface area contributed by atoms with Gasteiger partial charge < -0.3 is 5.32 Å². The van der Waals surface area contributed by atoms with E-state index < -0.39 is 0 Å². The summed E-state index contributed by atoms with van der Waals surface area (Å²) in [6.45, 7) is 0. The molecule has 3 aromatic rings. The van der Waals surface area contributed by atoms with Gasteiger partial charge in [-0.15, -0.1) is 0 Å². The van der Waals surface area contributed by atoms with E-state index in [1.165, 1.54) is 12.5 Å². The summed E-state index contributed by atoms with van der Waals surface area (Å²) < 4.78 is 1.58. The lowest BCUT2D eigenvalue weighted by Crippen LogP contribution is -2.14. The fourth-order valence-corrected chi connectivity index (χ4v) is 1.93. The van der Waals surface area contributed by atoms with Gasteiger partial charge in [-0.2, -0.15) is 5.10 Å². The fourth-order valence-electron chi connectivity index (χ4n) is 1.82. The lowest BCUT2D eigenvalue weighted by atomic mass is 10.2. The molecule has 2 heterocycles. The molecule has 0 unspecified atom stereocenters. The first-order valence-electron chi connectivity index (χ1n) is 6.11. The van der Waals surface area contributed by atoms with E-state index in [1.807, 2.05) is 18.2 Å². The minimum Gasteiger partial charge on any atom is -0.320 e. The molecule has 0 atom stereocenters. The summed E-state index contributed by atoms with van der Waals surface area (Å²) in [6, 6.07) is 10.5. The Balaban J connectivity index is 1.88. The molecule has 1 amide bonds. The minimum atomic E-state index is -0.272. The van der Waals surface area contributed by atoms with Gasteiger partial charge >= 0.3 is 0 Å². The van der Waals surface area contributed by atoms with Crippen LogP contribution in [0.4, 0.5) is 5.69 Å². The second-order valence-corrected chi connectivity index (χ2v) is 4.57. The molecule has 6 nitrogen and oxygen atoms in total. The van der Waals surface area contributed by atoms with Crippen molar-refractivity contribution in [3.63, 3.8) is 0 Å². The largest absolute Gasteiger partial charge is 0.320 e. The van der Waals surface area contributed by atoms with E-state index in [1.54, 1.807) is 29.2 Å². The van der Waals surface area contributed by atoms with Gasteiger partial charge in [0.25, 0.3) is 5.91 Å². The monoisotopic (exact) mass is 299 g/mol. The number of hydrogen-bond donors (Lipinski definition) is 1. The van der Waals surface area contributed by atoms with Crippen molar-refractivity contribution in [2.24, 2.45) is 0 Å².